The zero-order valence-electron chi connectivity index (χ0n) is 10.5. The lowest BCUT2D eigenvalue weighted by atomic mass is 9.98. The summed E-state index contributed by atoms with van der Waals surface area (Å²) < 4.78 is 28.2. The Kier molecular flexibility index (Phi) is 4.66. The summed E-state index contributed by atoms with van der Waals surface area (Å²) in [6.07, 6.45) is 0. The van der Waals surface area contributed by atoms with E-state index < -0.39 is 11.6 Å². The summed E-state index contributed by atoms with van der Waals surface area (Å²) in [6, 6.07) is 10.7. The van der Waals surface area contributed by atoms with Crippen molar-refractivity contribution in [3.63, 3.8) is 0 Å². The molecule has 0 bridgehead atoms. The molecule has 1 nitrogen and oxygen atoms in total. The van der Waals surface area contributed by atoms with Crippen LogP contribution in [0.15, 0.2) is 46.9 Å². The van der Waals surface area contributed by atoms with E-state index in [0.29, 0.717) is 12.1 Å². The second-order valence-corrected chi connectivity index (χ2v) is 5.03. The average molecular weight is 326 g/mol. The first-order chi connectivity index (χ1) is 9.13. The molecular weight excluding hydrogens is 312 g/mol. The van der Waals surface area contributed by atoms with Crippen LogP contribution in [0.3, 0.4) is 0 Å². The van der Waals surface area contributed by atoms with Crippen LogP contribution in [0.5, 0.6) is 0 Å². The number of benzene rings is 2. The molecule has 2 aromatic rings. The third-order valence-electron chi connectivity index (χ3n) is 2.89. The Morgan fingerprint density at radius 3 is 2.53 bits per heavy atom. The highest BCUT2D eigenvalue weighted by atomic mass is 79.9. The van der Waals surface area contributed by atoms with Gasteiger partial charge in [-0.25, -0.2) is 8.78 Å². The largest absolute Gasteiger partial charge is 0.306 e. The summed E-state index contributed by atoms with van der Waals surface area (Å²) in [7, 11) is 0. The molecule has 2 rings (SSSR count). The SMILES string of the molecule is CCNC(c1cc(F)ccc1F)c1ccccc1Br. The number of halogens is 3. The second kappa shape index (κ2) is 6.26. The molecule has 0 aliphatic heterocycles. The van der Waals surface area contributed by atoms with Gasteiger partial charge in [0.15, 0.2) is 0 Å². The van der Waals surface area contributed by atoms with Crippen molar-refractivity contribution in [2.24, 2.45) is 0 Å². The van der Waals surface area contributed by atoms with E-state index in [1.165, 1.54) is 6.07 Å². The highest BCUT2D eigenvalue weighted by Gasteiger charge is 2.19. The number of hydrogen-bond acceptors (Lipinski definition) is 1. The Hall–Kier alpha value is -1.26. The first-order valence-electron chi connectivity index (χ1n) is 6.06. The van der Waals surface area contributed by atoms with Crippen molar-refractivity contribution in [3.8, 4) is 0 Å². The van der Waals surface area contributed by atoms with Crippen molar-refractivity contribution in [1.29, 1.82) is 0 Å². The van der Waals surface area contributed by atoms with Crippen LogP contribution >= 0.6 is 15.9 Å². The molecule has 1 atom stereocenters. The van der Waals surface area contributed by atoms with Gasteiger partial charge in [-0.2, -0.15) is 0 Å². The van der Waals surface area contributed by atoms with Crippen molar-refractivity contribution >= 4 is 15.9 Å². The van der Waals surface area contributed by atoms with E-state index in [-0.39, 0.29) is 6.04 Å². The van der Waals surface area contributed by atoms with Gasteiger partial charge < -0.3 is 5.32 Å². The Balaban J connectivity index is 2.51. The Morgan fingerprint density at radius 2 is 1.84 bits per heavy atom. The van der Waals surface area contributed by atoms with Crippen LogP contribution < -0.4 is 5.32 Å². The fourth-order valence-electron chi connectivity index (χ4n) is 2.04. The summed E-state index contributed by atoms with van der Waals surface area (Å²) in [5.74, 6) is -0.852. The summed E-state index contributed by atoms with van der Waals surface area (Å²) >= 11 is 3.45. The van der Waals surface area contributed by atoms with E-state index >= 15 is 0 Å². The van der Waals surface area contributed by atoms with Crippen molar-refractivity contribution in [2.75, 3.05) is 6.54 Å². The third-order valence-corrected chi connectivity index (χ3v) is 3.62. The smallest absolute Gasteiger partial charge is 0.128 e. The van der Waals surface area contributed by atoms with Crippen LogP contribution in [0.25, 0.3) is 0 Å². The van der Waals surface area contributed by atoms with Crippen LogP contribution in [0.4, 0.5) is 8.78 Å². The maximum Gasteiger partial charge on any atom is 0.128 e. The maximum absolute atomic E-state index is 13.9. The molecule has 0 heterocycles. The van der Waals surface area contributed by atoms with Gasteiger partial charge in [-0.05, 0) is 36.4 Å². The van der Waals surface area contributed by atoms with Gasteiger partial charge in [0.05, 0.1) is 6.04 Å². The van der Waals surface area contributed by atoms with Crippen molar-refractivity contribution < 1.29 is 8.78 Å². The Bertz CT molecular complexity index is 572. The molecule has 0 spiro atoms. The van der Waals surface area contributed by atoms with E-state index in [0.717, 1.165) is 22.2 Å². The van der Waals surface area contributed by atoms with Gasteiger partial charge in [0, 0.05) is 10.0 Å². The molecule has 4 heteroatoms. The normalized spacial score (nSPS) is 12.4. The lowest BCUT2D eigenvalue weighted by Crippen LogP contribution is -2.23. The van der Waals surface area contributed by atoms with Crippen molar-refractivity contribution in [3.05, 3.63) is 69.7 Å². The fraction of sp³-hybridized carbons (Fsp3) is 0.200. The summed E-state index contributed by atoms with van der Waals surface area (Å²) in [5, 5.41) is 3.19. The molecule has 0 fully saturated rings. The minimum Gasteiger partial charge on any atom is -0.306 e. The lowest BCUT2D eigenvalue weighted by molar-refractivity contribution is 0.544. The van der Waals surface area contributed by atoms with E-state index in [9.17, 15) is 8.78 Å². The predicted molar refractivity (Wildman–Crippen MR) is 76.0 cm³/mol. The van der Waals surface area contributed by atoms with E-state index in [2.05, 4.69) is 21.2 Å². The lowest BCUT2D eigenvalue weighted by Gasteiger charge is -2.20. The molecule has 2 aromatic carbocycles. The van der Waals surface area contributed by atoms with Crippen LogP contribution in [0.1, 0.15) is 24.1 Å². The predicted octanol–water partition coefficient (Wildman–Crippen LogP) is 4.43. The molecule has 1 unspecified atom stereocenters. The third kappa shape index (κ3) is 3.19. The standard InChI is InChI=1S/C15H14BrF2N/c1-2-19-15(11-5-3-4-6-13(11)16)12-9-10(17)7-8-14(12)18/h3-9,15,19H,2H2,1H3. The topological polar surface area (TPSA) is 12.0 Å². The van der Waals surface area contributed by atoms with E-state index in [1.807, 2.05) is 31.2 Å². The minimum absolute atomic E-state index is 0.314. The van der Waals surface area contributed by atoms with Crippen LogP contribution in [0, 0.1) is 11.6 Å². The van der Waals surface area contributed by atoms with Gasteiger partial charge >= 0.3 is 0 Å². The summed E-state index contributed by atoms with van der Waals surface area (Å²) in [6.45, 7) is 2.59. The molecule has 0 saturated heterocycles. The molecule has 0 aromatic heterocycles. The van der Waals surface area contributed by atoms with E-state index in [4.69, 9.17) is 0 Å². The number of rotatable bonds is 4. The molecule has 0 saturated carbocycles. The van der Waals surface area contributed by atoms with Crippen molar-refractivity contribution in [1.82, 2.24) is 5.32 Å². The zero-order valence-corrected chi connectivity index (χ0v) is 12.0. The number of nitrogens with one attached hydrogen (secondary N) is 1. The van der Waals surface area contributed by atoms with Gasteiger partial charge in [0.1, 0.15) is 11.6 Å². The Morgan fingerprint density at radius 1 is 1.11 bits per heavy atom. The zero-order chi connectivity index (χ0) is 13.8. The first kappa shape index (κ1) is 14.2. The Labute approximate surface area is 119 Å². The quantitative estimate of drug-likeness (QED) is 0.877. The molecule has 100 valence electrons. The van der Waals surface area contributed by atoms with Gasteiger partial charge in [0.25, 0.3) is 0 Å². The van der Waals surface area contributed by atoms with Gasteiger partial charge in [-0.1, -0.05) is 41.1 Å². The summed E-state index contributed by atoms with van der Waals surface area (Å²) in [5.41, 5.74) is 1.20. The molecule has 1 N–H and O–H groups in total. The molecule has 0 aliphatic carbocycles. The molecule has 19 heavy (non-hydrogen) atoms. The van der Waals surface area contributed by atoms with Gasteiger partial charge in [-0.15, -0.1) is 0 Å². The highest BCUT2D eigenvalue weighted by Crippen LogP contribution is 2.30. The van der Waals surface area contributed by atoms with Crippen LogP contribution in [-0.4, -0.2) is 6.54 Å². The monoisotopic (exact) mass is 325 g/mol. The maximum atomic E-state index is 13.9. The van der Waals surface area contributed by atoms with E-state index in [1.54, 1.807) is 0 Å². The van der Waals surface area contributed by atoms with Crippen LogP contribution in [-0.2, 0) is 0 Å². The molecule has 0 radical (unpaired) electrons. The fourth-order valence-corrected chi connectivity index (χ4v) is 2.55. The van der Waals surface area contributed by atoms with Crippen LogP contribution in [0.2, 0.25) is 0 Å². The molecule has 0 amide bonds. The summed E-state index contributed by atoms with van der Waals surface area (Å²) in [4.78, 5) is 0. The average Bonchev–Trinajstić information content (AvgIpc) is 2.40. The van der Waals surface area contributed by atoms with Gasteiger partial charge in [-0.3, -0.25) is 0 Å². The highest BCUT2D eigenvalue weighted by molar-refractivity contribution is 9.10. The molecule has 0 aliphatic rings. The first-order valence-corrected chi connectivity index (χ1v) is 6.85. The second-order valence-electron chi connectivity index (χ2n) is 4.18. The van der Waals surface area contributed by atoms with Gasteiger partial charge in [0.2, 0.25) is 0 Å². The van der Waals surface area contributed by atoms with Crippen molar-refractivity contribution in [2.45, 2.75) is 13.0 Å². The molecular formula is C15H14BrF2N. The minimum atomic E-state index is -0.439. The number of hydrogen-bond donors (Lipinski definition) is 1.